The summed E-state index contributed by atoms with van der Waals surface area (Å²) in [6, 6.07) is 0. The molecule has 6 nitrogen and oxygen atoms in total. The van der Waals surface area contributed by atoms with Crippen molar-refractivity contribution >= 4 is 5.91 Å². The molecule has 0 saturated carbocycles. The van der Waals surface area contributed by atoms with Gasteiger partial charge in [-0.2, -0.15) is 5.10 Å². The number of H-pyrrole nitrogens is 1. The Morgan fingerprint density at radius 2 is 1.96 bits per heavy atom. The van der Waals surface area contributed by atoms with Crippen LogP contribution >= 0.6 is 0 Å². The van der Waals surface area contributed by atoms with Crippen LogP contribution in [0.5, 0.6) is 0 Å². The van der Waals surface area contributed by atoms with Gasteiger partial charge in [0, 0.05) is 48.3 Å². The van der Waals surface area contributed by atoms with Crippen molar-refractivity contribution in [1.29, 1.82) is 0 Å². The highest BCUT2D eigenvalue weighted by Gasteiger charge is 2.39. The van der Waals surface area contributed by atoms with Gasteiger partial charge in [0.25, 0.3) is 0 Å². The maximum atomic E-state index is 12.8. The summed E-state index contributed by atoms with van der Waals surface area (Å²) >= 11 is 0. The van der Waals surface area contributed by atoms with Crippen LogP contribution in [0.25, 0.3) is 0 Å². The number of fused-ring (bicyclic) bond motifs is 1. The van der Waals surface area contributed by atoms with Crippen molar-refractivity contribution in [2.24, 2.45) is 5.92 Å². The van der Waals surface area contributed by atoms with Crippen molar-refractivity contribution in [2.75, 3.05) is 6.54 Å². The van der Waals surface area contributed by atoms with Crippen LogP contribution in [0.4, 0.5) is 0 Å². The lowest BCUT2D eigenvalue weighted by atomic mass is 9.74. The molecule has 1 amide bonds. The number of rotatable bonds is 3. The lowest BCUT2D eigenvalue weighted by Crippen LogP contribution is -2.58. The minimum absolute atomic E-state index is 0.0659. The van der Waals surface area contributed by atoms with Gasteiger partial charge in [0.1, 0.15) is 0 Å². The fourth-order valence-corrected chi connectivity index (χ4v) is 4.75. The third kappa shape index (κ3) is 3.64. The normalized spacial score (nSPS) is 23.1. The van der Waals surface area contributed by atoms with Gasteiger partial charge in [-0.1, -0.05) is 0 Å². The van der Waals surface area contributed by atoms with E-state index in [1.165, 1.54) is 0 Å². The molecule has 1 aromatic rings. The molecule has 2 aliphatic heterocycles. The monoisotopic (exact) mass is 334 g/mol. The topological polar surface area (TPSA) is 81.2 Å². The molecule has 134 valence electrons. The van der Waals surface area contributed by atoms with Gasteiger partial charge in [0.05, 0.1) is 12.3 Å². The van der Waals surface area contributed by atoms with Crippen LogP contribution in [0, 0.1) is 5.92 Å². The quantitative estimate of drug-likeness (QED) is 0.786. The zero-order valence-electron chi connectivity index (χ0n) is 15.3. The summed E-state index contributed by atoms with van der Waals surface area (Å²) < 4.78 is 0. The smallest absolute Gasteiger partial charge is 0.223 e. The summed E-state index contributed by atoms with van der Waals surface area (Å²) in [4.78, 5) is 14.8. The van der Waals surface area contributed by atoms with Crippen LogP contribution in [0.3, 0.4) is 0 Å². The number of aliphatic hydroxyl groups is 1. The first-order valence-corrected chi connectivity index (χ1v) is 8.92. The minimum Gasteiger partial charge on any atom is -0.390 e. The number of nitrogens with one attached hydrogen (secondary N) is 2. The number of aromatic amines is 1. The maximum absolute atomic E-state index is 12.8. The van der Waals surface area contributed by atoms with Gasteiger partial charge in [-0.3, -0.25) is 9.89 Å². The van der Waals surface area contributed by atoms with Gasteiger partial charge in [0.2, 0.25) is 5.91 Å². The standard InChI is InChI=1S/C18H30N4O2/c1-17(2)8-12(9-18(3,4)21-17)7-16(24)22-6-5-14-13(10-22)15(11-23)20-19-14/h12,21,23H,5-11H2,1-4H3,(H,19,20). The van der Waals surface area contributed by atoms with Crippen molar-refractivity contribution in [3.63, 3.8) is 0 Å². The molecule has 0 bridgehead atoms. The predicted octanol–water partition coefficient (Wildman–Crippen LogP) is 1.73. The first-order chi connectivity index (χ1) is 11.2. The Bertz CT molecular complexity index is 591. The first kappa shape index (κ1) is 17.4. The van der Waals surface area contributed by atoms with Crippen molar-refractivity contribution in [1.82, 2.24) is 20.4 Å². The number of carbonyl (C=O) groups is 1. The van der Waals surface area contributed by atoms with Crippen LogP contribution in [-0.2, 0) is 24.4 Å². The van der Waals surface area contributed by atoms with Crippen molar-refractivity contribution < 1.29 is 9.90 Å². The van der Waals surface area contributed by atoms with E-state index in [2.05, 4.69) is 43.2 Å². The molecular formula is C18H30N4O2. The molecule has 1 saturated heterocycles. The Hall–Kier alpha value is -1.40. The second-order valence-corrected chi connectivity index (χ2v) is 8.72. The summed E-state index contributed by atoms with van der Waals surface area (Å²) in [6.07, 6.45) is 3.44. The van der Waals surface area contributed by atoms with Gasteiger partial charge < -0.3 is 15.3 Å². The van der Waals surface area contributed by atoms with E-state index in [9.17, 15) is 9.90 Å². The highest BCUT2D eigenvalue weighted by Crippen LogP contribution is 2.35. The fourth-order valence-electron chi connectivity index (χ4n) is 4.75. The highest BCUT2D eigenvalue weighted by molar-refractivity contribution is 5.76. The third-order valence-electron chi connectivity index (χ3n) is 5.26. The fraction of sp³-hybridized carbons (Fsp3) is 0.778. The number of hydrogen-bond donors (Lipinski definition) is 3. The number of carbonyl (C=O) groups excluding carboxylic acids is 1. The third-order valence-corrected chi connectivity index (χ3v) is 5.26. The van der Waals surface area contributed by atoms with E-state index in [0.29, 0.717) is 24.6 Å². The average molecular weight is 334 g/mol. The first-order valence-electron chi connectivity index (χ1n) is 8.92. The van der Waals surface area contributed by atoms with E-state index in [4.69, 9.17) is 0 Å². The molecule has 0 atom stereocenters. The summed E-state index contributed by atoms with van der Waals surface area (Å²) in [5.74, 6) is 0.635. The predicted molar refractivity (Wildman–Crippen MR) is 92.3 cm³/mol. The van der Waals surface area contributed by atoms with Crippen LogP contribution in [0.1, 0.15) is 63.9 Å². The molecule has 1 aromatic heterocycles. The van der Waals surface area contributed by atoms with Gasteiger partial charge in [-0.05, 0) is 46.5 Å². The molecule has 1 fully saturated rings. The number of piperidine rings is 1. The Balaban J connectivity index is 1.65. The highest BCUT2D eigenvalue weighted by atomic mass is 16.3. The van der Waals surface area contributed by atoms with E-state index in [-0.39, 0.29) is 23.6 Å². The zero-order chi connectivity index (χ0) is 17.5. The van der Waals surface area contributed by atoms with Crippen LogP contribution in [-0.4, -0.2) is 43.7 Å². The molecule has 6 heteroatoms. The number of aromatic nitrogens is 2. The second kappa shape index (κ2) is 6.15. The van der Waals surface area contributed by atoms with Gasteiger partial charge in [0.15, 0.2) is 0 Å². The van der Waals surface area contributed by atoms with Crippen LogP contribution in [0.2, 0.25) is 0 Å². The average Bonchev–Trinajstić information content (AvgIpc) is 2.85. The SMILES string of the molecule is CC1(C)CC(CC(=O)N2CCc3[nH]nc(CO)c3C2)CC(C)(C)N1. The zero-order valence-corrected chi connectivity index (χ0v) is 15.3. The van der Waals surface area contributed by atoms with Crippen molar-refractivity contribution in [3.05, 3.63) is 17.0 Å². The lowest BCUT2D eigenvalue weighted by molar-refractivity contribution is -0.133. The second-order valence-electron chi connectivity index (χ2n) is 8.72. The molecule has 3 rings (SSSR count). The van der Waals surface area contributed by atoms with Crippen molar-refractivity contribution in [3.8, 4) is 0 Å². The van der Waals surface area contributed by atoms with E-state index in [1.807, 2.05) is 4.90 Å². The van der Waals surface area contributed by atoms with E-state index < -0.39 is 0 Å². The number of nitrogens with zero attached hydrogens (tertiary/aromatic N) is 2. The number of hydrogen-bond acceptors (Lipinski definition) is 4. The molecule has 3 N–H and O–H groups in total. The van der Waals surface area contributed by atoms with Gasteiger partial charge in [-0.15, -0.1) is 0 Å². The Kier molecular flexibility index (Phi) is 4.47. The molecule has 0 aliphatic carbocycles. The van der Waals surface area contributed by atoms with Crippen molar-refractivity contribution in [2.45, 2.75) is 77.6 Å². The number of amides is 1. The molecule has 2 aliphatic rings. The molecule has 0 radical (unpaired) electrons. The van der Waals surface area contributed by atoms with Crippen LogP contribution in [0.15, 0.2) is 0 Å². The minimum atomic E-state index is -0.0788. The Morgan fingerprint density at radius 3 is 2.58 bits per heavy atom. The number of aliphatic hydroxyl groups excluding tert-OH is 1. The summed E-state index contributed by atoms with van der Waals surface area (Å²) in [5.41, 5.74) is 2.87. The molecular weight excluding hydrogens is 304 g/mol. The van der Waals surface area contributed by atoms with E-state index in [0.717, 1.165) is 37.1 Å². The Labute approximate surface area is 144 Å². The van der Waals surface area contributed by atoms with E-state index in [1.54, 1.807) is 0 Å². The Morgan fingerprint density at radius 1 is 1.29 bits per heavy atom. The summed E-state index contributed by atoms with van der Waals surface area (Å²) in [5, 5.41) is 20.2. The molecule has 0 spiro atoms. The van der Waals surface area contributed by atoms with E-state index >= 15 is 0 Å². The van der Waals surface area contributed by atoms with Crippen LogP contribution < -0.4 is 5.32 Å². The maximum Gasteiger partial charge on any atom is 0.223 e. The lowest BCUT2D eigenvalue weighted by Gasteiger charge is -2.46. The largest absolute Gasteiger partial charge is 0.390 e. The summed E-state index contributed by atoms with van der Waals surface area (Å²) in [7, 11) is 0. The molecule has 24 heavy (non-hydrogen) atoms. The molecule has 3 heterocycles. The summed E-state index contributed by atoms with van der Waals surface area (Å²) in [6.45, 7) is 10.1. The van der Waals surface area contributed by atoms with Gasteiger partial charge >= 0.3 is 0 Å². The molecule has 0 aromatic carbocycles. The van der Waals surface area contributed by atoms with Gasteiger partial charge in [-0.25, -0.2) is 0 Å². The molecule has 0 unspecified atom stereocenters.